The third-order valence-corrected chi connectivity index (χ3v) is 7.48. The Morgan fingerprint density at radius 3 is 3.06 bits per heavy atom. The number of halogens is 2. The van der Waals surface area contributed by atoms with Gasteiger partial charge in [0.25, 0.3) is 0 Å². The molecule has 1 fully saturated rings. The van der Waals surface area contributed by atoms with E-state index in [2.05, 4.69) is 26.2 Å². The Hall–Kier alpha value is -1.54. The highest BCUT2D eigenvalue weighted by atomic mass is 35.5. The highest BCUT2D eigenvalue weighted by molar-refractivity contribution is 7.99. The zero-order valence-electron chi connectivity index (χ0n) is 18.6. The van der Waals surface area contributed by atoms with Crippen LogP contribution < -0.4 is 5.32 Å². The average molecular weight is 510 g/mol. The molecule has 1 aromatic heterocycles. The number of nitrogens with zero attached hydrogens (tertiary/aromatic N) is 3. The van der Waals surface area contributed by atoms with Crippen molar-refractivity contribution < 1.29 is 9.53 Å². The van der Waals surface area contributed by atoms with Crippen LogP contribution in [0.2, 0.25) is 0 Å². The molecule has 33 heavy (non-hydrogen) atoms. The SMILES string of the molecule is O=C(CCCc1nnc(SCC2=CC=CC(Cl)C2)n1C1=CC(Cl)=CCC1)NCC1CCCO1. The van der Waals surface area contributed by atoms with E-state index in [1.54, 1.807) is 11.8 Å². The van der Waals surface area contributed by atoms with Gasteiger partial charge < -0.3 is 10.1 Å². The van der Waals surface area contributed by atoms with Crippen LogP contribution in [0, 0.1) is 0 Å². The second kappa shape index (κ2) is 12.2. The standard InChI is InChI=1S/C24H30Cl2N4O2S/c25-18-6-1-5-17(13-18)16-33-24-29-28-22(30(24)20-8-2-7-19(26)14-20)10-3-11-23(31)27-15-21-9-4-12-32-21/h1,5-7,14,18,21H,2-4,8-13,15-16H2,(H,27,31). The van der Waals surface area contributed by atoms with E-state index in [1.807, 2.05) is 24.3 Å². The molecular weight excluding hydrogens is 479 g/mol. The lowest BCUT2D eigenvalue weighted by atomic mass is 10.1. The van der Waals surface area contributed by atoms with Gasteiger partial charge in [0, 0.05) is 42.5 Å². The molecule has 1 aliphatic heterocycles. The number of rotatable bonds is 10. The fourth-order valence-corrected chi connectivity index (χ4v) is 5.66. The number of allylic oxidation sites excluding steroid dienone is 7. The van der Waals surface area contributed by atoms with Gasteiger partial charge in [-0.05, 0) is 44.6 Å². The number of carbonyl (C=O) groups is 1. The fraction of sp³-hybridized carbons (Fsp3) is 0.542. The van der Waals surface area contributed by atoms with Gasteiger partial charge >= 0.3 is 0 Å². The van der Waals surface area contributed by atoms with Gasteiger partial charge in [-0.15, -0.1) is 21.8 Å². The van der Waals surface area contributed by atoms with Crippen molar-refractivity contribution in [3.63, 3.8) is 0 Å². The molecule has 2 heterocycles. The van der Waals surface area contributed by atoms with Gasteiger partial charge in [0.2, 0.25) is 5.91 Å². The Balaban J connectivity index is 1.38. The van der Waals surface area contributed by atoms with Crippen molar-refractivity contribution >= 4 is 46.6 Å². The third kappa shape index (κ3) is 7.22. The molecule has 6 nitrogen and oxygen atoms in total. The minimum atomic E-state index is 0.0513. The molecule has 2 aliphatic carbocycles. The lowest BCUT2D eigenvalue weighted by molar-refractivity contribution is -0.121. The number of ether oxygens (including phenoxy) is 1. The number of thioether (sulfide) groups is 1. The minimum Gasteiger partial charge on any atom is -0.376 e. The van der Waals surface area contributed by atoms with E-state index >= 15 is 0 Å². The zero-order valence-corrected chi connectivity index (χ0v) is 21.0. The molecule has 2 unspecified atom stereocenters. The van der Waals surface area contributed by atoms with Crippen molar-refractivity contribution in [3.8, 4) is 0 Å². The molecular formula is C24H30Cl2N4O2S. The highest BCUT2D eigenvalue weighted by Gasteiger charge is 2.20. The van der Waals surface area contributed by atoms with Gasteiger partial charge in [0.05, 0.1) is 11.5 Å². The van der Waals surface area contributed by atoms with Gasteiger partial charge in [0.1, 0.15) is 5.82 Å². The number of amides is 1. The van der Waals surface area contributed by atoms with Gasteiger partial charge in [-0.3, -0.25) is 9.36 Å². The molecule has 1 aromatic rings. The second-order valence-corrected chi connectivity index (χ2v) is 10.4. The van der Waals surface area contributed by atoms with E-state index < -0.39 is 0 Å². The molecule has 178 valence electrons. The van der Waals surface area contributed by atoms with Crippen molar-refractivity contribution in [1.29, 1.82) is 0 Å². The summed E-state index contributed by atoms with van der Waals surface area (Å²) in [5.41, 5.74) is 2.39. The maximum absolute atomic E-state index is 12.3. The van der Waals surface area contributed by atoms with Crippen molar-refractivity contribution in [2.24, 2.45) is 0 Å². The summed E-state index contributed by atoms with van der Waals surface area (Å²) in [5.74, 6) is 1.74. The molecule has 4 rings (SSSR count). The molecule has 2 atom stereocenters. The van der Waals surface area contributed by atoms with Crippen LogP contribution in [0.1, 0.15) is 50.8 Å². The molecule has 0 bridgehead atoms. The summed E-state index contributed by atoms with van der Waals surface area (Å²) in [6, 6.07) is 0. The Bertz CT molecular complexity index is 964. The van der Waals surface area contributed by atoms with Crippen molar-refractivity contribution in [3.05, 3.63) is 46.8 Å². The van der Waals surface area contributed by atoms with E-state index in [4.69, 9.17) is 27.9 Å². The molecule has 0 spiro atoms. The first-order valence-corrected chi connectivity index (χ1v) is 13.4. The van der Waals surface area contributed by atoms with E-state index in [0.29, 0.717) is 25.8 Å². The van der Waals surface area contributed by atoms with E-state index in [0.717, 1.165) is 66.2 Å². The lowest BCUT2D eigenvalue weighted by Gasteiger charge is -2.17. The first-order chi connectivity index (χ1) is 16.1. The molecule has 1 saturated heterocycles. The van der Waals surface area contributed by atoms with E-state index in [9.17, 15) is 4.79 Å². The summed E-state index contributed by atoms with van der Waals surface area (Å²) < 4.78 is 7.70. The van der Waals surface area contributed by atoms with Gasteiger partial charge in [-0.25, -0.2) is 0 Å². The predicted octanol–water partition coefficient (Wildman–Crippen LogP) is 5.24. The quantitative estimate of drug-likeness (QED) is 0.345. The topological polar surface area (TPSA) is 69.0 Å². The number of aromatic nitrogens is 3. The number of hydrogen-bond donors (Lipinski definition) is 1. The number of hydrogen-bond acceptors (Lipinski definition) is 5. The number of alkyl halides is 1. The number of carbonyl (C=O) groups excluding carboxylic acids is 1. The summed E-state index contributed by atoms with van der Waals surface area (Å²) in [6.07, 6.45) is 16.9. The Kier molecular flexibility index (Phi) is 9.12. The molecule has 3 aliphatic rings. The summed E-state index contributed by atoms with van der Waals surface area (Å²) in [4.78, 5) is 12.3. The molecule has 9 heteroatoms. The molecule has 0 saturated carbocycles. The Labute approximate surface area is 209 Å². The van der Waals surface area contributed by atoms with Gasteiger partial charge in [-0.2, -0.15) is 0 Å². The first-order valence-electron chi connectivity index (χ1n) is 11.6. The van der Waals surface area contributed by atoms with Crippen LogP contribution in [0.15, 0.2) is 46.1 Å². The number of aryl methyl sites for hydroxylation is 1. The lowest BCUT2D eigenvalue weighted by Crippen LogP contribution is -2.31. The van der Waals surface area contributed by atoms with Crippen LogP contribution in [0.3, 0.4) is 0 Å². The van der Waals surface area contributed by atoms with Crippen LogP contribution in [0.25, 0.3) is 5.70 Å². The van der Waals surface area contributed by atoms with E-state index in [-0.39, 0.29) is 17.4 Å². The van der Waals surface area contributed by atoms with Crippen LogP contribution in [0.4, 0.5) is 0 Å². The Morgan fingerprint density at radius 1 is 1.36 bits per heavy atom. The van der Waals surface area contributed by atoms with Crippen LogP contribution in [-0.4, -0.2) is 51.1 Å². The summed E-state index contributed by atoms with van der Waals surface area (Å²) in [5, 5.41) is 13.6. The molecule has 1 N–H and O–H groups in total. The van der Waals surface area contributed by atoms with Crippen LogP contribution >= 0.6 is 35.0 Å². The molecule has 0 aromatic carbocycles. The van der Waals surface area contributed by atoms with Gasteiger partial charge in [0.15, 0.2) is 5.16 Å². The molecule has 0 radical (unpaired) electrons. The maximum atomic E-state index is 12.3. The number of nitrogens with one attached hydrogen (secondary N) is 1. The summed E-state index contributed by atoms with van der Waals surface area (Å²) in [6.45, 7) is 1.40. The highest BCUT2D eigenvalue weighted by Crippen LogP contribution is 2.31. The van der Waals surface area contributed by atoms with Crippen molar-refractivity contribution in [2.75, 3.05) is 18.9 Å². The first kappa shape index (κ1) is 24.6. The van der Waals surface area contributed by atoms with Crippen molar-refractivity contribution in [1.82, 2.24) is 20.1 Å². The van der Waals surface area contributed by atoms with Crippen LogP contribution in [0.5, 0.6) is 0 Å². The normalized spacial score (nSPS) is 22.7. The molecule has 1 amide bonds. The minimum absolute atomic E-state index is 0.0513. The second-order valence-electron chi connectivity index (χ2n) is 8.51. The maximum Gasteiger partial charge on any atom is 0.220 e. The zero-order chi connectivity index (χ0) is 23.0. The summed E-state index contributed by atoms with van der Waals surface area (Å²) >= 11 is 14.2. The monoisotopic (exact) mass is 508 g/mol. The van der Waals surface area contributed by atoms with Crippen molar-refractivity contribution in [2.45, 2.75) is 68.0 Å². The largest absolute Gasteiger partial charge is 0.376 e. The van der Waals surface area contributed by atoms with Crippen LogP contribution in [-0.2, 0) is 16.0 Å². The average Bonchev–Trinajstić information content (AvgIpc) is 3.46. The predicted molar refractivity (Wildman–Crippen MR) is 135 cm³/mol. The Morgan fingerprint density at radius 2 is 2.27 bits per heavy atom. The summed E-state index contributed by atoms with van der Waals surface area (Å²) in [7, 11) is 0. The van der Waals surface area contributed by atoms with E-state index in [1.165, 1.54) is 5.57 Å². The third-order valence-electron chi connectivity index (χ3n) is 5.88. The smallest absolute Gasteiger partial charge is 0.220 e. The van der Waals surface area contributed by atoms with Gasteiger partial charge in [-0.1, -0.05) is 53.2 Å². The fourth-order valence-electron chi connectivity index (χ4n) is 4.16.